The van der Waals surface area contributed by atoms with Crippen LogP contribution in [0.25, 0.3) is 5.65 Å². The first-order chi connectivity index (χ1) is 13.6. The van der Waals surface area contributed by atoms with Gasteiger partial charge in [0.05, 0.1) is 6.20 Å². The van der Waals surface area contributed by atoms with Gasteiger partial charge < -0.3 is 9.47 Å². The van der Waals surface area contributed by atoms with E-state index in [0.717, 1.165) is 56.0 Å². The van der Waals surface area contributed by atoms with Crippen molar-refractivity contribution >= 4 is 11.6 Å². The highest BCUT2D eigenvalue weighted by molar-refractivity contribution is 5.99. The average Bonchev–Trinajstić information content (AvgIpc) is 3.33. The number of piperidine rings is 1. The molecule has 1 aliphatic rings. The van der Waals surface area contributed by atoms with Crippen molar-refractivity contribution in [2.45, 2.75) is 58.9 Å². The molecule has 1 aliphatic heterocycles. The van der Waals surface area contributed by atoms with Gasteiger partial charge in [0.25, 0.3) is 5.91 Å². The Kier molecular flexibility index (Phi) is 5.15. The van der Waals surface area contributed by atoms with Crippen LogP contribution in [-0.2, 0) is 6.54 Å². The fraction of sp³-hybridized carbons (Fsp3) is 0.524. The molecule has 7 nitrogen and oxygen atoms in total. The van der Waals surface area contributed by atoms with Crippen LogP contribution in [0.3, 0.4) is 0 Å². The molecule has 28 heavy (non-hydrogen) atoms. The minimum atomic E-state index is 0.0175. The highest BCUT2D eigenvalue weighted by Crippen LogP contribution is 2.27. The maximum Gasteiger partial charge on any atom is 0.259 e. The van der Waals surface area contributed by atoms with Crippen molar-refractivity contribution in [1.29, 1.82) is 0 Å². The second-order valence-electron chi connectivity index (χ2n) is 7.76. The molecule has 1 atom stereocenters. The zero-order valence-electron chi connectivity index (χ0n) is 16.9. The highest BCUT2D eigenvalue weighted by Gasteiger charge is 2.29. The minimum Gasteiger partial charge on any atom is -0.338 e. The van der Waals surface area contributed by atoms with Gasteiger partial charge in [-0.3, -0.25) is 4.79 Å². The Balaban J connectivity index is 1.57. The lowest BCUT2D eigenvalue weighted by molar-refractivity contribution is 0.0705. The number of likely N-dealkylation sites (tertiary alicyclic amines) is 1. The molecule has 148 valence electrons. The zero-order valence-corrected chi connectivity index (χ0v) is 16.9. The molecular formula is C21H28N6O. The van der Waals surface area contributed by atoms with E-state index in [1.807, 2.05) is 31.0 Å². The molecular weight excluding hydrogens is 352 g/mol. The van der Waals surface area contributed by atoms with Crippen molar-refractivity contribution in [2.24, 2.45) is 0 Å². The number of unbranched alkanes of at least 4 members (excludes halogenated alkanes) is 1. The van der Waals surface area contributed by atoms with Gasteiger partial charge >= 0.3 is 0 Å². The van der Waals surface area contributed by atoms with Crippen LogP contribution in [0.5, 0.6) is 0 Å². The van der Waals surface area contributed by atoms with Gasteiger partial charge in [0.15, 0.2) is 5.65 Å². The number of fused-ring (bicyclic) bond motifs is 1. The van der Waals surface area contributed by atoms with Crippen LogP contribution in [0, 0.1) is 13.8 Å². The van der Waals surface area contributed by atoms with Crippen LogP contribution in [0.1, 0.15) is 66.1 Å². The monoisotopic (exact) mass is 380 g/mol. The van der Waals surface area contributed by atoms with Gasteiger partial charge in [-0.15, -0.1) is 0 Å². The molecule has 1 saturated heterocycles. The summed E-state index contributed by atoms with van der Waals surface area (Å²) in [5.74, 6) is 1.40. The van der Waals surface area contributed by atoms with E-state index in [2.05, 4.69) is 32.8 Å². The number of carbonyl (C=O) groups is 1. The van der Waals surface area contributed by atoms with Crippen LogP contribution < -0.4 is 0 Å². The van der Waals surface area contributed by atoms with Crippen LogP contribution in [0.4, 0.5) is 0 Å². The van der Waals surface area contributed by atoms with Gasteiger partial charge in [-0.2, -0.15) is 5.10 Å². The predicted molar refractivity (Wildman–Crippen MR) is 107 cm³/mol. The molecule has 0 radical (unpaired) electrons. The zero-order chi connectivity index (χ0) is 19.7. The lowest BCUT2D eigenvalue weighted by atomic mass is 9.96. The SMILES string of the molecule is CCCCn1ccnc1C1CCCN(C(=O)c2cnn3c(C)cc(C)nc23)C1. The van der Waals surface area contributed by atoms with Gasteiger partial charge in [0.2, 0.25) is 0 Å². The van der Waals surface area contributed by atoms with E-state index in [4.69, 9.17) is 0 Å². The van der Waals surface area contributed by atoms with E-state index in [-0.39, 0.29) is 11.8 Å². The van der Waals surface area contributed by atoms with E-state index < -0.39 is 0 Å². The summed E-state index contributed by atoms with van der Waals surface area (Å²) in [4.78, 5) is 24.4. The smallest absolute Gasteiger partial charge is 0.259 e. The fourth-order valence-corrected chi connectivity index (χ4v) is 4.16. The number of hydrogen-bond acceptors (Lipinski definition) is 4. The summed E-state index contributed by atoms with van der Waals surface area (Å²) < 4.78 is 4.00. The molecule has 4 rings (SSSR count). The van der Waals surface area contributed by atoms with Crippen LogP contribution in [-0.4, -0.2) is 48.0 Å². The number of rotatable bonds is 5. The van der Waals surface area contributed by atoms with Gasteiger partial charge in [0.1, 0.15) is 11.4 Å². The summed E-state index contributed by atoms with van der Waals surface area (Å²) in [6.45, 7) is 8.59. The number of nitrogens with zero attached hydrogens (tertiary/aromatic N) is 6. The first kappa shape index (κ1) is 18.7. The van der Waals surface area contributed by atoms with E-state index in [1.54, 1.807) is 10.7 Å². The van der Waals surface area contributed by atoms with Gasteiger partial charge in [-0.25, -0.2) is 14.5 Å². The van der Waals surface area contributed by atoms with Gasteiger partial charge in [-0.1, -0.05) is 13.3 Å². The summed E-state index contributed by atoms with van der Waals surface area (Å²) in [5, 5.41) is 4.38. The van der Waals surface area contributed by atoms with Crippen LogP contribution >= 0.6 is 0 Å². The minimum absolute atomic E-state index is 0.0175. The van der Waals surface area contributed by atoms with E-state index in [9.17, 15) is 4.79 Å². The van der Waals surface area contributed by atoms with E-state index >= 15 is 0 Å². The maximum atomic E-state index is 13.3. The molecule has 0 N–H and O–H groups in total. The van der Waals surface area contributed by atoms with Gasteiger partial charge in [-0.05, 0) is 39.2 Å². The number of aromatic nitrogens is 5. The topological polar surface area (TPSA) is 68.3 Å². The quantitative estimate of drug-likeness (QED) is 0.681. The third-order valence-corrected chi connectivity index (χ3v) is 5.58. The van der Waals surface area contributed by atoms with Gasteiger partial charge in [0, 0.05) is 49.3 Å². The number of carbonyl (C=O) groups excluding carboxylic acids is 1. The Hall–Kier alpha value is -2.70. The standard InChI is InChI=1S/C21H28N6O/c1-4-5-9-25-11-8-22-19(25)17-7-6-10-26(14-17)21(28)18-13-23-27-16(3)12-15(2)24-20(18)27/h8,11-13,17H,4-7,9-10,14H2,1-3H3. The molecule has 4 heterocycles. The molecule has 0 aliphatic carbocycles. The van der Waals surface area contributed by atoms with Crippen molar-refractivity contribution < 1.29 is 4.79 Å². The third kappa shape index (κ3) is 3.41. The lowest BCUT2D eigenvalue weighted by Crippen LogP contribution is -2.39. The molecule has 7 heteroatoms. The van der Waals surface area contributed by atoms with E-state index in [0.29, 0.717) is 17.8 Å². The summed E-state index contributed by atoms with van der Waals surface area (Å²) in [6, 6.07) is 1.97. The second kappa shape index (κ2) is 7.73. The summed E-state index contributed by atoms with van der Waals surface area (Å²) >= 11 is 0. The molecule has 1 fully saturated rings. The molecule has 3 aromatic heterocycles. The Labute approximate surface area is 165 Å². The molecule has 3 aromatic rings. The second-order valence-corrected chi connectivity index (χ2v) is 7.76. The predicted octanol–water partition coefficient (Wildman–Crippen LogP) is 3.36. The Morgan fingerprint density at radius 2 is 2.18 bits per heavy atom. The molecule has 0 saturated carbocycles. The fourth-order valence-electron chi connectivity index (χ4n) is 4.16. The maximum absolute atomic E-state index is 13.3. The number of hydrogen-bond donors (Lipinski definition) is 0. The van der Waals surface area contributed by atoms with Crippen molar-refractivity contribution in [3.63, 3.8) is 0 Å². The largest absolute Gasteiger partial charge is 0.338 e. The highest BCUT2D eigenvalue weighted by atomic mass is 16.2. The molecule has 1 unspecified atom stereocenters. The first-order valence-electron chi connectivity index (χ1n) is 10.2. The van der Waals surface area contributed by atoms with Crippen molar-refractivity contribution in [2.75, 3.05) is 13.1 Å². The average molecular weight is 380 g/mol. The first-order valence-corrected chi connectivity index (χ1v) is 10.2. The number of imidazole rings is 1. The summed E-state index contributed by atoms with van der Waals surface area (Å²) in [7, 11) is 0. The molecule has 0 bridgehead atoms. The summed E-state index contributed by atoms with van der Waals surface area (Å²) in [5.41, 5.74) is 3.11. The third-order valence-electron chi connectivity index (χ3n) is 5.58. The normalized spacial score (nSPS) is 17.4. The van der Waals surface area contributed by atoms with Crippen LogP contribution in [0.15, 0.2) is 24.7 Å². The van der Waals surface area contributed by atoms with Crippen molar-refractivity contribution in [1.82, 2.24) is 29.0 Å². The summed E-state index contributed by atoms with van der Waals surface area (Å²) in [6.07, 6.45) is 9.96. The van der Waals surface area contributed by atoms with Crippen molar-refractivity contribution in [3.05, 3.63) is 47.4 Å². The lowest BCUT2D eigenvalue weighted by Gasteiger charge is -2.32. The van der Waals surface area contributed by atoms with Crippen LogP contribution in [0.2, 0.25) is 0 Å². The Morgan fingerprint density at radius 1 is 1.32 bits per heavy atom. The Morgan fingerprint density at radius 3 is 3.00 bits per heavy atom. The molecule has 0 spiro atoms. The van der Waals surface area contributed by atoms with Crippen molar-refractivity contribution in [3.8, 4) is 0 Å². The number of aryl methyl sites for hydroxylation is 3. The molecule has 0 aromatic carbocycles. The number of amides is 1. The van der Waals surface area contributed by atoms with E-state index in [1.165, 1.54) is 0 Å². The molecule has 1 amide bonds. The Bertz CT molecular complexity index is 988.